The number of hydrogen-bond acceptors (Lipinski definition) is 2. The maximum atomic E-state index is 6.07. The van der Waals surface area contributed by atoms with Crippen LogP contribution in [0.3, 0.4) is 0 Å². The van der Waals surface area contributed by atoms with Gasteiger partial charge in [0.2, 0.25) is 0 Å². The molecule has 0 aromatic heterocycles. The van der Waals surface area contributed by atoms with E-state index >= 15 is 0 Å². The summed E-state index contributed by atoms with van der Waals surface area (Å²) in [5.41, 5.74) is 7.77. The van der Waals surface area contributed by atoms with Gasteiger partial charge >= 0.3 is 0 Å². The van der Waals surface area contributed by atoms with Crippen molar-refractivity contribution in [2.45, 2.75) is 26.3 Å². The molecule has 2 N–H and O–H groups in total. The van der Waals surface area contributed by atoms with E-state index in [1.54, 1.807) is 0 Å². The normalized spacial score (nSPS) is 24.1. The van der Waals surface area contributed by atoms with Gasteiger partial charge in [-0.15, -0.1) is 0 Å². The zero-order chi connectivity index (χ0) is 12.6. The van der Waals surface area contributed by atoms with Gasteiger partial charge in [0.1, 0.15) is 4.99 Å². The van der Waals surface area contributed by atoms with Gasteiger partial charge in [-0.3, -0.25) is 0 Å². The molecule has 1 aliphatic rings. The molecule has 2 atom stereocenters. The molecular weight excluding hydrogens is 252 g/mol. The number of hydrogen-bond donors (Lipinski definition) is 1. The van der Waals surface area contributed by atoms with Gasteiger partial charge in [0, 0.05) is 28.9 Å². The van der Waals surface area contributed by atoms with Gasteiger partial charge in [0.25, 0.3) is 0 Å². The maximum Gasteiger partial charge on any atom is 0.106 e. The van der Waals surface area contributed by atoms with Crippen LogP contribution in [0.25, 0.3) is 0 Å². The fraction of sp³-hybridized carbons (Fsp3) is 0.462. The third-order valence-corrected chi connectivity index (χ3v) is 3.77. The second-order valence-corrected chi connectivity index (χ2v) is 5.74. The Bertz CT molecular complexity index is 447. The Kier molecular flexibility index (Phi) is 3.59. The van der Waals surface area contributed by atoms with E-state index in [0.29, 0.717) is 16.9 Å². The zero-order valence-corrected chi connectivity index (χ0v) is 11.7. The van der Waals surface area contributed by atoms with E-state index in [1.165, 1.54) is 6.42 Å². The Morgan fingerprint density at radius 2 is 2.18 bits per heavy atom. The fourth-order valence-corrected chi connectivity index (χ4v) is 2.93. The molecular formula is C13H17ClN2S. The maximum absolute atomic E-state index is 6.07. The van der Waals surface area contributed by atoms with Gasteiger partial charge < -0.3 is 10.6 Å². The van der Waals surface area contributed by atoms with Crippen molar-refractivity contribution in [1.29, 1.82) is 0 Å². The Morgan fingerprint density at radius 1 is 1.47 bits per heavy atom. The van der Waals surface area contributed by atoms with Crippen molar-refractivity contribution in [3.05, 3.63) is 28.8 Å². The minimum atomic E-state index is 0.434. The molecule has 1 aromatic carbocycles. The molecule has 1 heterocycles. The SMILES string of the molecule is CC1CC(C)N(c2cc(Cl)ccc2C(N)=S)C1. The molecule has 1 saturated heterocycles. The highest BCUT2D eigenvalue weighted by atomic mass is 35.5. The third-order valence-electron chi connectivity index (χ3n) is 3.32. The number of rotatable bonds is 2. The first kappa shape index (κ1) is 12.7. The minimum absolute atomic E-state index is 0.434. The van der Waals surface area contributed by atoms with Gasteiger partial charge in [0.05, 0.1) is 0 Å². The molecule has 4 heteroatoms. The number of nitrogens with two attached hydrogens (primary N) is 1. The Balaban J connectivity index is 2.43. The Labute approximate surface area is 113 Å². The van der Waals surface area contributed by atoms with Crippen molar-refractivity contribution in [2.24, 2.45) is 11.7 Å². The number of thiocarbonyl (C=S) groups is 1. The Morgan fingerprint density at radius 3 is 2.71 bits per heavy atom. The van der Waals surface area contributed by atoms with E-state index in [9.17, 15) is 0 Å². The molecule has 92 valence electrons. The van der Waals surface area contributed by atoms with Crippen molar-refractivity contribution < 1.29 is 0 Å². The first-order chi connectivity index (χ1) is 7.99. The van der Waals surface area contributed by atoms with Crippen LogP contribution in [0, 0.1) is 5.92 Å². The summed E-state index contributed by atoms with van der Waals surface area (Å²) in [6, 6.07) is 6.22. The van der Waals surface area contributed by atoms with Crippen LogP contribution in [0.4, 0.5) is 5.69 Å². The highest BCUT2D eigenvalue weighted by Gasteiger charge is 2.28. The van der Waals surface area contributed by atoms with Crippen molar-refractivity contribution in [1.82, 2.24) is 0 Å². The molecule has 0 saturated carbocycles. The van der Waals surface area contributed by atoms with Crippen LogP contribution in [-0.4, -0.2) is 17.6 Å². The lowest BCUT2D eigenvalue weighted by atomic mass is 10.1. The van der Waals surface area contributed by atoms with E-state index in [0.717, 1.165) is 22.8 Å². The summed E-state index contributed by atoms with van der Waals surface area (Å²) in [6.07, 6.45) is 1.20. The van der Waals surface area contributed by atoms with Crippen molar-refractivity contribution in [2.75, 3.05) is 11.4 Å². The molecule has 2 nitrogen and oxygen atoms in total. The standard InChI is InChI=1S/C13H17ClN2S/c1-8-5-9(2)16(7-8)12-6-10(14)3-4-11(12)13(15)17/h3-4,6,8-9H,5,7H2,1-2H3,(H2,15,17). The van der Waals surface area contributed by atoms with Gasteiger partial charge in [-0.1, -0.05) is 30.7 Å². The number of anilines is 1. The summed E-state index contributed by atoms with van der Waals surface area (Å²) >= 11 is 11.2. The molecule has 2 unspecified atom stereocenters. The molecule has 0 spiro atoms. The van der Waals surface area contributed by atoms with Crippen molar-refractivity contribution in [3.63, 3.8) is 0 Å². The van der Waals surface area contributed by atoms with Crippen LogP contribution in [-0.2, 0) is 0 Å². The van der Waals surface area contributed by atoms with E-state index in [4.69, 9.17) is 29.6 Å². The first-order valence-electron chi connectivity index (χ1n) is 5.85. The van der Waals surface area contributed by atoms with E-state index < -0.39 is 0 Å². The molecule has 0 radical (unpaired) electrons. The van der Waals surface area contributed by atoms with Gasteiger partial charge in [-0.25, -0.2) is 0 Å². The monoisotopic (exact) mass is 268 g/mol. The summed E-state index contributed by atoms with van der Waals surface area (Å²) in [5.74, 6) is 0.697. The molecule has 2 rings (SSSR count). The number of benzene rings is 1. The van der Waals surface area contributed by atoms with Gasteiger partial charge in [0.15, 0.2) is 0 Å². The molecule has 1 aromatic rings. The molecule has 1 aliphatic heterocycles. The lowest BCUT2D eigenvalue weighted by molar-refractivity contribution is 0.625. The minimum Gasteiger partial charge on any atom is -0.389 e. The number of nitrogens with zero attached hydrogens (tertiary/aromatic N) is 1. The molecule has 0 aliphatic carbocycles. The molecule has 0 bridgehead atoms. The predicted molar refractivity (Wildman–Crippen MR) is 77.9 cm³/mol. The van der Waals surface area contributed by atoms with Crippen LogP contribution in [0.1, 0.15) is 25.8 Å². The summed E-state index contributed by atoms with van der Waals surface area (Å²) in [7, 11) is 0. The summed E-state index contributed by atoms with van der Waals surface area (Å²) in [6.45, 7) is 5.53. The number of halogens is 1. The predicted octanol–water partition coefficient (Wildman–Crippen LogP) is 3.21. The largest absolute Gasteiger partial charge is 0.389 e. The van der Waals surface area contributed by atoms with Gasteiger partial charge in [-0.05, 0) is 37.5 Å². The second-order valence-electron chi connectivity index (χ2n) is 4.87. The topological polar surface area (TPSA) is 29.3 Å². The average Bonchev–Trinajstić information content (AvgIpc) is 2.57. The van der Waals surface area contributed by atoms with Crippen LogP contribution in [0.2, 0.25) is 5.02 Å². The lowest BCUT2D eigenvalue weighted by Gasteiger charge is -2.26. The molecule has 0 amide bonds. The fourth-order valence-electron chi connectivity index (χ4n) is 2.59. The average molecular weight is 269 g/mol. The van der Waals surface area contributed by atoms with Crippen LogP contribution < -0.4 is 10.6 Å². The first-order valence-corrected chi connectivity index (χ1v) is 6.63. The lowest BCUT2D eigenvalue weighted by Crippen LogP contribution is -2.29. The van der Waals surface area contributed by atoms with Crippen LogP contribution in [0.15, 0.2) is 18.2 Å². The summed E-state index contributed by atoms with van der Waals surface area (Å²) in [5, 5.41) is 0.728. The second kappa shape index (κ2) is 4.83. The Hall–Kier alpha value is -0.800. The highest BCUT2D eigenvalue weighted by molar-refractivity contribution is 7.80. The van der Waals surface area contributed by atoms with E-state index in [-0.39, 0.29) is 0 Å². The van der Waals surface area contributed by atoms with Crippen molar-refractivity contribution >= 4 is 34.5 Å². The summed E-state index contributed by atoms with van der Waals surface area (Å²) < 4.78 is 0. The van der Waals surface area contributed by atoms with Gasteiger partial charge in [-0.2, -0.15) is 0 Å². The summed E-state index contributed by atoms with van der Waals surface area (Å²) in [4.78, 5) is 2.79. The molecule has 17 heavy (non-hydrogen) atoms. The zero-order valence-electron chi connectivity index (χ0n) is 10.1. The molecule has 1 fully saturated rings. The van der Waals surface area contributed by atoms with Crippen molar-refractivity contribution in [3.8, 4) is 0 Å². The highest BCUT2D eigenvalue weighted by Crippen LogP contribution is 2.33. The van der Waals surface area contributed by atoms with E-state index in [2.05, 4.69) is 18.7 Å². The smallest absolute Gasteiger partial charge is 0.106 e. The van der Waals surface area contributed by atoms with Crippen LogP contribution in [0.5, 0.6) is 0 Å². The quantitative estimate of drug-likeness (QED) is 0.836. The van der Waals surface area contributed by atoms with Crippen LogP contribution >= 0.6 is 23.8 Å². The van der Waals surface area contributed by atoms with E-state index in [1.807, 2.05) is 18.2 Å². The third kappa shape index (κ3) is 2.55.